The van der Waals surface area contributed by atoms with Crippen LogP contribution in [0.15, 0.2) is 29.3 Å². The summed E-state index contributed by atoms with van der Waals surface area (Å²) in [5, 5.41) is 19.7. The van der Waals surface area contributed by atoms with E-state index in [1.165, 1.54) is 24.9 Å². The van der Waals surface area contributed by atoms with Crippen LogP contribution in [0, 0.1) is 23.2 Å². The van der Waals surface area contributed by atoms with E-state index in [2.05, 4.69) is 41.5 Å². The maximum Gasteiger partial charge on any atom is 0.288 e. The molecule has 3 aliphatic rings. The summed E-state index contributed by atoms with van der Waals surface area (Å²) >= 11 is 6.34. The van der Waals surface area contributed by atoms with Gasteiger partial charge in [0.15, 0.2) is 0 Å². The Morgan fingerprint density at radius 3 is 2.84 bits per heavy atom. The maximum absolute atomic E-state index is 12.7. The Morgan fingerprint density at radius 2 is 2.16 bits per heavy atom. The fourth-order valence-electron chi connectivity index (χ4n) is 5.18. The van der Waals surface area contributed by atoms with Gasteiger partial charge in [0.2, 0.25) is 11.8 Å². The second-order valence-corrected chi connectivity index (χ2v) is 9.72. The monoisotopic (exact) mass is 445 g/mol. The highest BCUT2D eigenvalue weighted by molar-refractivity contribution is 6.32. The van der Waals surface area contributed by atoms with Crippen molar-refractivity contribution in [2.24, 2.45) is 23.2 Å². The number of hydrogen-bond acceptors (Lipinski definition) is 6. The van der Waals surface area contributed by atoms with E-state index in [-0.39, 0.29) is 35.9 Å². The SMILES string of the molecule is C[C@@H]1[C@H]2C[C@@H](C[C@H]1Nc1cnn(CC(=O)NCc3ccnc(O)c3)c(=O)c1Cl)C2(C)C. The largest absolute Gasteiger partial charge is 0.493 e. The molecule has 0 aliphatic heterocycles. The van der Waals surface area contributed by atoms with Crippen molar-refractivity contribution in [1.29, 1.82) is 0 Å². The molecule has 3 saturated carbocycles. The van der Waals surface area contributed by atoms with Gasteiger partial charge in [-0.1, -0.05) is 32.4 Å². The summed E-state index contributed by atoms with van der Waals surface area (Å²) in [4.78, 5) is 28.6. The third-order valence-corrected chi connectivity index (χ3v) is 7.64. The quantitative estimate of drug-likeness (QED) is 0.630. The Bertz CT molecular complexity index is 1050. The minimum atomic E-state index is -0.502. The first-order valence-electron chi connectivity index (χ1n) is 10.6. The fraction of sp³-hybridized carbons (Fsp3) is 0.545. The molecule has 2 bridgehead atoms. The Balaban J connectivity index is 1.38. The van der Waals surface area contributed by atoms with Crippen LogP contribution in [0.5, 0.6) is 5.88 Å². The molecular weight excluding hydrogens is 418 g/mol. The van der Waals surface area contributed by atoms with Crippen LogP contribution < -0.4 is 16.2 Å². The predicted molar refractivity (Wildman–Crippen MR) is 118 cm³/mol. The molecule has 0 saturated heterocycles. The average molecular weight is 446 g/mol. The summed E-state index contributed by atoms with van der Waals surface area (Å²) in [7, 11) is 0. The number of aromatic nitrogens is 3. The lowest BCUT2D eigenvalue weighted by atomic mass is 9.45. The molecule has 2 aromatic heterocycles. The van der Waals surface area contributed by atoms with Crippen LogP contribution >= 0.6 is 11.6 Å². The van der Waals surface area contributed by atoms with E-state index in [1.54, 1.807) is 6.07 Å². The summed E-state index contributed by atoms with van der Waals surface area (Å²) in [6.07, 6.45) is 5.30. The van der Waals surface area contributed by atoms with Crippen molar-refractivity contribution < 1.29 is 9.90 Å². The van der Waals surface area contributed by atoms with Gasteiger partial charge in [-0.25, -0.2) is 9.67 Å². The normalized spacial score (nSPS) is 26.1. The van der Waals surface area contributed by atoms with Crippen molar-refractivity contribution in [3.05, 3.63) is 45.5 Å². The number of nitrogens with one attached hydrogen (secondary N) is 2. The molecule has 3 fully saturated rings. The minimum absolute atomic E-state index is 0.0487. The van der Waals surface area contributed by atoms with Crippen LogP contribution in [0.3, 0.4) is 0 Å². The second kappa shape index (κ2) is 8.15. The summed E-state index contributed by atoms with van der Waals surface area (Å²) < 4.78 is 1.05. The van der Waals surface area contributed by atoms with E-state index in [4.69, 9.17) is 11.6 Å². The maximum atomic E-state index is 12.7. The van der Waals surface area contributed by atoms with Gasteiger partial charge in [-0.2, -0.15) is 5.10 Å². The Kier molecular flexibility index (Phi) is 5.68. The molecule has 2 heterocycles. The fourth-order valence-corrected chi connectivity index (χ4v) is 5.38. The van der Waals surface area contributed by atoms with E-state index in [0.717, 1.165) is 11.1 Å². The molecule has 3 aliphatic carbocycles. The smallest absolute Gasteiger partial charge is 0.288 e. The lowest BCUT2D eigenvalue weighted by molar-refractivity contribution is -0.122. The van der Waals surface area contributed by atoms with Crippen molar-refractivity contribution in [2.45, 2.75) is 52.7 Å². The van der Waals surface area contributed by atoms with Crippen molar-refractivity contribution in [1.82, 2.24) is 20.1 Å². The first-order chi connectivity index (χ1) is 14.7. The van der Waals surface area contributed by atoms with Crippen LogP contribution in [0.4, 0.5) is 5.69 Å². The van der Waals surface area contributed by atoms with Crippen LogP contribution in [0.2, 0.25) is 5.02 Å². The molecule has 8 nitrogen and oxygen atoms in total. The van der Waals surface area contributed by atoms with Gasteiger partial charge in [0.1, 0.15) is 11.6 Å². The number of aromatic hydroxyl groups is 1. The van der Waals surface area contributed by atoms with Crippen molar-refractivity contribution in [2.75, 3.05) is 5.32 Å². The molecule has 166 valence electrons. The number of pyridine rings is 1. The topological polar surface area (TPSA) is 109 Å². The number of anilines is 1. The highest BCUT2D eigenvalue weighted by Gasteiger charge is 2.56. The third-order valence-electron chi connectivity index (χ3n) is 7.27. The molecule has 5 rings (SSSR count). The minimum Gasteiger partial charge on any atom is -0.493 e. The standard InChI is InChI=1S/C22H28ClN5O3/c1-12-15-7-14(22(15,2)3)8-16(12)27-17-10-26-28(21(31)20(17)23)11-19(30)25-9-13-4-5-24-18(29)6-13/h4-6,10,12,14-16,27H,7-9,11H2,1-3H3,(H,24,29)(H,25,30)/t12-,14+,15-,16-/m1/s1. The Morgan fingerprint density at radius 1 is 1.39 bits per heavy atom. The zero-order valence-electron chi connectivity index (χ0n) is 17.9. The molecule has 1 amide bonds. The van der Waals surface area contributed by atoms with Crippen LogP contribution in [0.1, 0.15) is 39.2 Å². The predicted octanol–water partition coefficient (Wildman–Crippen LogP) is 2.80. The number of amides is 1. The van der Waals surface area contributed by atoms with E-state index in [9.17, 15) is 14.7 Å². The molecular formula is C22H28ClN5O3. The number of halogens is 1. The average Bonchev–Trinajstić information content (AvgIpc) is 2.73. The molecule has 0 radical (unpaired) electrons. The van der Waals surface area contributed by atoms with E-state index >= 15 is 0 Å². The van der Waals surface area contributed by atoms with Crippen molar-refractivity contribution in [3.63, 3.8) is 0 Å². The molecule has 2 aromatic rings. The first kappa shape index (κ1) is 21.6. The van der Waals surface area contributed by atoms with Crippen LogP contribution in [-0.2, 0) is 17.9 Å². The van der Waals surface area contributed by atoms with E-state index in [1.807, 2.05) is 0 Å². The van der Waals surface area contributed by atoms with Crippen molar-refractivity contribution in [3.8, 4) is 5.88 Å². The van der Waals surface area contributed by atoms with Crippen LogP contribution in [-0.4, -0.2) is 31.8 Å². The lowest BCUT2D eigenvalue weighted by Crippen LogP contribution is -2.58. The van der Waals surface area contributed by atoms with Crippen LogP contribution in [0.25, 0.3) is 0 Å². The highest BCUT2D eigenvalue weighted by atomic mass is 35.5. The molecule has 0 unspecified atom stereocenters. The first-order valence-corrected chi connectivity index (χ1v) is 11.0. The van der Waals surface area contributed by atoms with Gasteiger partial charge in [-0.05, 0) is 47.6 Å². The molecule has 9 heteroatoms. The summed E-state index contributed by atoms with van der Waals surface area (Å²) in [5.41, 5.74) is 1.09. The van der Waals surface area contributed by atoms with Gasteiger partial charge in [0.05, 0.1) is 11.9 Å². The van der Waals surface area contributed by atoms with Gasteiger partial charge in [-0.3, -0.25) is 9.59 Å². The van der Waals surface area contributed by atoms with Gasteiger partial charge >= 0.3 is 0 Å². The number of fused-ring (bicyclic) bond motifs is 2. The second-order valence-electron chi connectivity index (χ2n) is 9.34. The van der Waals surface area contributed by atoms with Gasteiger partial charge < -0.3 is 15.7 Å². The number of carbonyl (C=O) groups is 1. The lowest BCUT2D eigenvalue weighted by Gasteiger charge is -2.62. The number of rotatable bonds is 6. The number of carbonyl (C=O) groups excluding carboxylic acids is 1. The Labute approximate surface area is 186 Å². The molecule has 0 spiro atoms. The summed E-state index contributed by atoms with van der Waals surface area (Å²) in [6, 6.07) is 3.39. The van der Waals surface area contributed by atoms with Gasteiger partial charge in [0, 0.05) is 24.8 Å². The molecule has 0 aromatic carbocycles. The zero-order valence-corrected chi connectivity index (χ0v) is 18.7. The molecule has 3 N–H and O–H groups in total. The van der Waals surface area contributed by atoms with E-state index < -0.39 is 5.56 Å². The summed E-state index contributed by atoms with van der Waals surface area (Å²) in [5.74, 6) is 1.33. The molecule has 4 atom stereocenters. The summed E-state index contributed by atoms with van der Waals surface area (Å²) in [6.45, 7) is 6.91. The highest BCUT2D eigenvalue weighted by Crippen LogP contribution is 2.61. The zero-order chi connectivity index (χ0) is 22.3. The van der Waals surface area contributed by atoms with Crippen molar-refractivity contribution >= 4 is 23.2 Å². The number of nitrogens with zero attached hydrogens (tertiary/aromatic N) is 3. The van der Waals surface area contributed by atoms with Gasteiger partial charge in [-0.15, -0.1) is 0 Å². The van der Waals surface area contributed by atoms with E-state index in [0.29, 0.717) is 34.4 Å². The third kappa shape index (κ3) is 4.13. The Hall–Kier alpha value is -2.61. The van der Waals surface area contributed by atoms with Gasteiger partial charge in [0.25, 0.3) is 5.56 Å². The molecule has 31 heavy (non-hydrogen) atoms. The number of hydrogen-bond donors (Lipinski definition) is 3.